The maximum absolute atomic E-state index is 13.8. The van der Waals surface area contributed by atoms with E-state index >= 15 is 0 Å². The van der Waals surface area contributed by atoms with Gasteiger partial charge in [0.05, 0.1) is 17.6 Å². The molecule has 0 saturated heterocycles. The number of aliphatic hydroxyl groups is 1. The molecule has 4 nitrogen and oxygen atoms in total. The molecule has 1 rings (SSSR count). The van der Waals surface area contributed by atoms with Crippen LogP contribution in [0.4, 0.5) is 4.39 Å². The highest BCUT2D eigenvalue weighted by Crippen LogP contribution is 2.13. The van der Waals surface area contributed by atoms with Crippen molar-refractivity contribution < 1.29 is 14.3 Å². The van der Waals surface area contributed by atoms with Crippen LogP contribution in [-0.4, -0.2) is 35.6 Å². The molecule has 1 unspecified atom stereocenters. The van der Waals surface area contributed by atoms with E-state index in [0.717, 1.165) is 6.07 Å². The Labute approximate surface area is 123 Å². The van der Waals surface area contributed by atoms with Crippen molar-refractivity contribution in [2.75, 3.05) is 19.7 Å². The van der Waals surface area contributed by atoms with Crippen molar-refractivity contribution >= 4 is 5.91 Å². The molecule has 110 valence electrons. The fourth-order valence-corrected chi connectivity index (χ4v) is 1.79. The molecular formula is C16H17FN2O2. The minimum atomic E-state index is -0.605. The van der Waals surface area contributed by atoms with Crippen LogP contribution in [0, 0.1) is 34.9 Å². The van der Waals surface area contributed by atoms with Gasteiger partial charge in [0.15, 0.2) is 0 Å². The van der Waals surface area contributed by atoms with Gasteiger partial charge in [-0.1, -0.05) is 11.8 Å². The largest absolute Gasteiger partial charge is 0.384 e. The third-order valence-corrected chi connectivity index (χ3v) is 2.90. The summed E-state index contributed by atoms with van der Waals surface area (Å²) in [4.78, 5) is 13.8. The molecule has 1 aromatic rings. The Hall–Kier alpha value is -2.37. The zero-order valence-corrected chi connectivity index (χ0v) is 12.1. The Kier molecular flexibility index (Phi) is 6.39. The predicted molar refractivity (Wildman–Crippen MR) is 76.7 cm³/mol. The number of nitrogens with zero attached hydrogens (tertiary/aromatic N) is 2. The summed E-state index contributed by atoms with van der Waals surface area (Å²) in [6.07, 6.45) is 0. The SMILES string of the molecule is CCN(CC(C)C#N)C(=O)c1ccc(C#CCO)c(F)c1. The number of amides is 1. The van der Waals surface area contributed by atoms with Crippen molar-refractivity contribution in [3.8, 4) is 17.9 Å². The molecule has 0 spiro atoms. The van der Waals surface area contributed by atoms with Crippen molar-refractivity contribution in [1.29, 1.82) is 5.26 Å². The van der Waals surface area contributed by atoms with Gasteiger partial charge < -0.3 is 10.0 Å². The first kappa shape index (κ1) is 16.7. The summed E-state index contributed by atoms with van der Waals surface area (Å²) in [6.45, 7) is 3.93. The smallest absolute Gasteiger partial charge is 0.253 e. The highest BCUT2D eigenvalue weighted by atomic mass is 19.1. The van der Waals surface area contributed by atoms with Gasteiger partial charge in [-0.2, -0.15) is 5.26 Å². The monoisotopic (exact) mass is 288 g/mol. The van der Waals surface area contributed by atoms with Crippen molar-refractivity contribution in [2.45, 2.75) is 13.8 Å². The van der Waals surface area contributed by atoms with Gasteiger partial charge in [-0.3, -0.25) is 4.79 Å². The minimum absolute atomic E-state index is 0.133. The second-order valence-corrected chi connectivity index (χ2v) is 4.53. The molecule has 0 heterocycles. The predicted octanol–water partition coefficient (Wildman–Crippen LogP) is 1.79. The van der Waals surface area contributed by atoms with Gasteiger partial charge in [0, 0.05) is 18.7 Å². The van der Waals surface area contributed by atoms with E-state index in [1.807, 2.05) is 0 Å². The first-order valence-corrected chi connectivity index (χ1v) is 6.61. The number of benzene rings is 1. The molecule has 21 heavy (non-hydrogen) atoms. The maximum Gasteiger partial charge on any atom is 0.253 e. The summed E-state index contributed by atoms with van der Waals surface area (Å²) in [7, 11) is 0. The quantitative estimate of drug-likeness (QED) is 0.859. The average molecular weight is 288 g/mol. The number of rotatable bonds is 4. The zero-order chi connectivity index (χ0) is 15.8. The second-order valence-electron chi connectivity index (χ2n) is 4.53. The van der Waals surface area contributed by atoms with E-state index in [9.17, 15) is 9.18 Å². The van der Waals surface area contributed by atoms with Crippen molar-refractivity contribution in [2.24, 2.45) is 5.92 Å². The van der Waals surface area contributed by atoms with Crippen LogP contribution in [0.3, 0.4) is 0 Å². The Morgan fingerprint density at radius 1 is 1.52 bits per heavy atom. The fraction of sp³-hybridized carbons (Fsp3) is 0.375. The van der Waals surface area contributed by atoms with E-state index in [2.05, 4.69) is 17.9 Å². The van der Waals surface area contributed by atoms with E-state index in [1.54, 1.807) is 13.8 Å². The minimum Gasteiger partial charge on any atom is -0.384 e. The fourth-order valence-electron chi connectivity index (χ4n) is 1.79. The molecule has 5 heteroatoms. The van der Waals surface area contributed by atoms with Crippen LogP contribution in [0.25, 0.3) is 0 Å². The standard InChI is InChI=1S/C16H17FN2O2/c1-3-19(11-12(2)10-18)16(21)14-7-6-13(5-4-8-20)15(17)9-14/h6-7,9,12,20H,3,8,11H2,1-2H3. The van der Waals surface area contributed by atoms with Gasteiger partial charge in [-0.15, -0.1) is 0 Å². The van der Waals surface area contributed by atoms with E-state index in [4.69, 9.17) is 10.4 Å². The van der Waals surface area contributed by atoms with Crippen molar-refractivity contribution in [3.05, 3.63) is 35.1 Å². The van der Waals surface area contributed by atoms with E-state index in [0.29, 0.717) is 13.1 Å². The Morgan fingerprint density at radius 3 is 2.76 bits per heavy atom. The highest BCUT2D eigenvalue weighted by Gasteiger charge is 2.17. The second kappa shape index (κ2) is 8.04. The molecule has 0 saturated carbocycles. The lowest BCUT2D eigenvalue weighted by molar-refractivity contribution is 0.0752. The Balaban J connectivity index is 2.97. The van der Waals surface area contributed by atoms with E-state index in [1.165, 1.54) is 17.0 Å². The van der Waals surface area contributed by atoms with Gasteiger partial charge in [-0.25, -0.2) is 4.39 Å². The summed E-state index contributed by atoms with van der Waals surface area (Å²) < 4.78 is 13.8. The molecule has 1 amide bonds. The highest BCUT2D eigenvalue weighted by molar-refractivity contribution is 5.94. The molecule has 0 aliphatic rings. The zero-order valence-electron chi connectivity index (χ0n) is 12.1. The first-order valence-electron chi connectivity index (χ1n) is 6.61. The van der Waals surface area contributed by atoms with Crippen molar-refractivity contribution in [1.82, 2.24) is 4.90 Å². The molecule has 1 N–H and O–H groups in total. The lowest BCUT2D eigenvalue weighted by Gasteiger charge is -2.22. The average Bonchev–Trinajstić information content (AvgIpc) is 2.50. The summed E-state index contributed by atoms with van der Waals surface area (Å²) in [5.74, 6) is 3.62. The third kappa shape index (κ3) is 4.59. The summed E-state index contributed by atoms with van der Waals surface area (Å²) >= 11 is 0. The molecule has 0 bridgehead atoms. The van der Waals surface area contributed by atoms with Gasteiger partial charge >= 0.3 is 0 Å². The number of hydrogen-bond donors (Lipinski definition) is 1. The van der Waals surface area contributed by atoms with Gasteiger partial charge in [0.1, 0.15) is 12.4 Å². The van der Waals surface area contributed by atoms with Gasteiger partial charge in [0.2, 0.25) is 0 Å². The van der Waals surface area contributed by atoms with E-state index < -0.39 is 5.82 Å². The van der Waals surface area contributed by atoms with Crippen LogP contribution in [0.1, 0.15) is 29.8 Å². The summed E-state index contributed by atoms with van der Waals surface area (Å²) in [6, 6.07) is 6.10. The summed E-state index contributed by atoms with van der Waals surface area (Å²) in [5.41, 5.74) is 0.350. The summed E-state index contributed by atoms with van der Waals surface area (Å²) in [5, 5.41) is 17.4. The van der Waals surface area contributed by atoms with E-state index in [-0.39, 0.29) is 29.6 Å². The molecule has 0 aliphatic heterocycles. The number of carbonyl (C=O) groups is 1. The maximum atomic E-state index is 13.8. The Bertz CT molecular complexity index is 611. The van der Waals surface area contributed by atoms with Crippen LogP contribution in [0.15, 0.2) is 18.2 Å². The lowest BCUT2D eigenvalue weighted by atomic mass is 10.1. The third-order valence-electron chi connectivity index (χ3n) is 2.90. The molecule has 1 aromatic carbocycles. The number of nitriles is 1. The van der Waals surface area contributed by atoms with Crippen molar-refractivity contribution in [3.63, 3.8) is 0 Å². The molecule has 0 radical (unpaired) electrons. The van der Waals surface area contributed by atoms with Gasteiger partial charge in [0.25, 0.3) is 5.91 Å². The van der Waals surface area contributed by atoms with Crippen LogP contribution in [0.5, 0.6) is 0 Å². The molecule has 0 fully saturated rings. The molecular weight excluding hydrogens is 271 g/mol. The van der Waals surface area contributed by atoms with Crippen LogP contribution >= 0.6 is 0 Å². The normalized spacial score (nSPS) is 11.0. The number of carbonyl (C=O) groups excluding carboxylic acids is 1. The topological polar surface area (TPSA) is 64.3 Å². The molecule has 0 aromatic heterocycles. The van der Waals surface area contributed by atoms with Crippen LogP contribution in [-0.2, 0) is 0 Å². The molecule has 1 atom stereocenters. The number of hydrogen-bond acceptors (Lipinski definition) is 3. The number of aliphatic hydroxyl groups excluding tert-OH is 1. The molecule has 0 aliphatic carbocycles. The number of halogens is 1. The Morgan fingerprint density at radius 2 is 2.24 bits per heavy atom. The lowest BCUT2D eigenvalue weighted by Crippen LogP contribution is -2.34. The van der Waals surface area contributed by atoms with Crippen LogP contribution < -0.4 is 0 Å². The van der Waals surface area contributed by atoms with Gasteiger partial charge in [-0.05, 0) is 32.0 Å². The first-order chi connectivity index (χ1) is 10.0. The van der Waals surface area contributed by atoms with Crippen LogP contribution in [0.2, 0.25) is 0 Å².